The molecule has 162 valence electrons. The number of nitrogens with zero attached hydrogens (tertiary/aromatic N) is 1. The first kappa shape index (κ1) is 24.4. The van der Waals surface area contributed by atoms with Crippen molar-refractivity contribution in [1.29, 1.82) is 0 Å². The van der Waals surface area contributed by atoms with Crippen molar-refractivity contribution in [2.75, 3.05) is 6.61 Å². The third-order valence-electron chi connectivity index (χ3n) is 4.32. The van der Waals surface area contributed by atoms with Gasteiger partial charge in [0.15, 0.2) is 6.04 Å². The second kappa shape index (κ2) is 10.2. The van der Waals surface area contributed by atoms with Gasteiger partial charge in [-0.25, -0.2) is 9.59 Å². The van der Waals surface area contributed by atoms with Crippen LogP contribution < -0.4 is 5.32 Å². The maximum Gasteiger partial charge on any atom is 0.405 e. The summed E-state index contributed by atoms with van der Waals surface area (Å²) in [4.78, 5) is 42.1. The Bertz CT molecular complexity index is 697. The highest BCUT2D eigenvalue weighted by Gasteiger charge is 2.35. The van der Waals surface area contributed by atoms with Crippen LogP contribution in [0.1, 0.15) is 53.5 Å². The molecule has 0 aliphatic carbocycles. The summed E-state index contributed by atoms with van der Waals surface area (Å²) in [6.45, 7) is 10.6. The minimum atomic E-state index is -1.39. The van der Waals surface area contributed by atoms with Gasteiger partial charge in [-0.05, 0) is 32.8 Å². The number of hydroxylamine groups is 2. The second-order valence-electron chi connectivity index (χ2n) is 8.40. The fourth-order valence-corrected chi connectivity index (χ4v) is 2.21. The number of carbonyl (C=O) groups is 3. The normalized spacial score (nSPS) is 12.8. The van der Waals surface area contributed by atoms with Crippen molar-refractivity contribution in [3.63, 3.8) is 0 Å². The zero-order valence-corrected chi connectivity index (χ0v) is 18.0. The van der Waals surface area contributed by atoms with E-state index in [9.17, 15) is 14.4 Å². The third-order valence-corrected chi connectivity index (χ3v) is 4.32. The first-order valence-corrected chi connectivity index (χ1v) is 9.57. The summed E-state index contributed by atoms with van der Waals surface area (Å²) in [6, 6.07) is 7.82. The van der Waals surface area contributed by atoms with Gasteiger partial charge in [-0.15, -0.1) is 0 Å². The first-order chi connectivity index (χ1) is 13.4. The second-order valence-corrected chi connectivity index (χ2v) is 8.40. The largest absolute Gasteiger partial charge is 0.465 e. The quantitative estimate of drug-likeness (QED) is 0.639. The van der Waals surface area contributed by atoms with Gasteiger partial charge in [-0.1, -0.05) is 51.1 Å². The lowest BCUT2D eigenvalue weighted by atomic mass is 9.89. The van der Waals surface area contributed by atoms with Gasteiger partial charge >= 0.3 is 12.1 Å². The Morgan fingerprint density at radius 2 is 1.69 bits per heavy atom. The van der Waals surface area contributed by atoms with Crippen molar-refractivity contribution in [2.24, 2.45) is 5.41 Å². The Balaban J connectivity index is 3.05. The summed E-state index contributed by atoms with van der Waals surface area (Å²) in [5.41, 5.74) is -0.566. The number of hydrogen-bond acceptors (Lipinski definition) is 5. The van der Waals surface area contributed by atoms with E-state index >= 15 is 0 Å². The average Bonchev–Trinajstić information content (AvgIpc) is 2.63. The molecule has 1 rings (SSSR count). The molecule has 1 aromatic rings. The van der Waals surface area contributed by atoms with E-state index in [0.717, 1.165) is 10.6 Å². The molecule has 2 N–H and O–H groups in total. The summed E-state index contributed by atoms with van der Waals surface area (Å²) in [7, 11) is 0. The van der Waals surface area contributed by atoms with Crippen LogP contribution in [0.3, 0.4) is 0 Å². The van der Waals surface area contributed by atoms with Crippen molar-refractivity contribution in [3.8, 4) is 0 Å². The van der Waals surface area contributed by atoms with Gasteiger partial charge in [-0.3, -0.25) is 4.79 Å². The van der Waals surface area contributed by atoms with Crippen LogP contribution in [0, 0.1) is 5.41 Å². The Labute approximate surface area is 172 Å². The highest BCUT2D eigenvalue weighted by atomic mass is 16.7. The molecule has 0 radical (unpaired) electrons. The molecule has 1 atom stereocenters. The van der Waals surface area contributed by atoms with Crippen LogP contribution in [0.2, 0.25) is 0 Å². The van der Waals surface area contributed by atoms with Crippen molar-refractivity contribution >= 4 is 18.0 Å². The van der Waals surface area contributed by atoms with Crippen LogP contribution in [0.4, 0.5) is 4.79 Å². The minimum absolute atomic E-state index is 0.0504. The van der Waals surface area contributed by atoms with Gasteiger partial charge in [-0.2, -0.15) is 5.06 Å². The number of hydrogen-bond donors (Lipinski definition) is 2. The molecule has 29 heavy (non-hydrogen) atoms. The maximum atomic E-state index is 13.0. The van der Waals surface area contributed by atoms with Crippen molar-refractivity contribution in [3.05, 3.63) is 35.9 Å². The molecule has 8 heteroatoms. The van der Waals surface area contributed by atoms with Gasteiger partial charge in [0.2, 0.25) is 0 Å². The van der Waals surface area contributed by atoms with Gasteiger partial charge in [0, 0.05) is 5.41 Å². The van der Waals surface area contributed by atoms with E-state index < -0.39 is 29.1 Å². The maximum absolute atomic E-state index is 13.0. The molecule has 2 amide bonds. The van der Waals surface area contributed by atoms with E-state index in [2.05, 4.69) is 5.32 Å². The van der Waals surface area contributed by atoms with Crippen molar-refractivity contribution < 1.29 is 29.1 Å². The van der Waals surface area contributed by atoms with Crippen LogP contribution in [0.15, 0.2) is 30.3 Å². The molecule has 0 saturated carbocycles. The summed E-state index contributed by atoms with van der Waals surface area (Å²) < 4.78 is 5.53. The van der Waals surface area contributed by atoms with Gasteiger partial charge in [0.1, 0.15) is 0 Å². The molecule has 0 spiro atoms. The number of amides is 2. The Morgan fingerprint density at radius 3 is 2.17 bits per heavy atom. The van der Waals surface area contributed by atoms with Gasteiger partial charge in [0.05, 0.1) is 18.8 Å². The van der Waals surface area contributed by atoms with Crippen LogP contribution in [-0.4, -0.2) is 46.4 Å². The number of nitrogens with one attached hydrogen (secondary N) is 1. The molecule has 0 aliphatic rings. The number of carbonyl (C=O) groups excluding carboxylic acids is 2. The van der Waals surface area contributed by atoms with Crippen LogP contribution >= 0.6 is 0 Å². The topological polar surface area (TPSA) is 105 Å². The Kier molecular flexibility index (Phi) is 8.63. The molecule has 8 nitrogen and oxygen atoms in total. The predicted octanol–water partition coefficient (Wildman–Crippen LogP) is 3.36. The van der Waals surface area contributed by atoms with Gasteiger partial charge < -0.3 is 20.0 Å². The minimum Gasteiger partial charge on any atom is -0.465 e. The molecule has 0 heterocycles. The molecule has 0 aromatic heterocycles. The molecular weight excluding hydrogens is 376 g/mol. The molecular formula is C21H32N2O6. The predicted molar refractivity (Wildman–Crippen MR) is 108 cm³/mol. The lowest BCUT2D eigenvalue weighted by Gasteiger charge is -2.31. The molecule has 0 bridgehead atoms. The van der Waals surface area contributed by atoms with E-state index in [-0.39, 0.29) is 19.1 Å². The Morgan fingerprint density at radius 1 is 1.10 bits per heavy atom. The van der Waals surface area contributed by atoms with Crippen LogP contribution in [0.25, 0.3) is 0 Å². The van der Waals surface area contributed by atoms with E-state index in [4.69, 9.17) is 14.7 Å². The number of carboxylic acid groups (broad SMARTS) is 1. The van der Waals surface area contributed by atoms with E-state index in [1.165, 1.54) is 0 Å². The van der Waals surface area contributed by atoms with E-state index in [0.29, 0.717) is 6.42 Å². The molecule has 0 fully saturated rings. The summed E-state index contributed by atoms with van der Waals surface area (Å²) in [5, 5.41) is 12.1. The summed E-state index contributed by atoms with van der Waals surface area (Å²) >= 11 is 0. The average molecular weight is 408 g/mol. The van der Waals surface area contributed by atoms with Crippen molar-refractivity contribution in [2.45, 2.75) is 66.2 Å². The van der Waals surface area contributed by atoms with E-state index in [1.54, 1.807) is 34.6 Å². The zero-order chi connectivity index (χ0) is 22.2. The molecule has 0 aliphatic heterocycles. The SMILES string of the molecule is CCC(C)(C)C(=O)N(Cc1ccccc1)OC(=O)[C@H](COC(C)(C)C)NC(=O)O. The monoisotopic (exact) mass is 408 g/mol. The molecule has 0 saturated heterocycles. The first-order valence-electron chi connectivity index (χ1n) is 9.57. The highest BCUT2D eigenvalue weighted by molar-refractivity contribution is 5.85. The molecule has 0 unspecified atom stereocenters. The lowest BCUT2D eigenvalue weighted by Crippen LogP contribution is -2.50. The number of rotatable bonds is 8. The van der Waals surface area contributed by atoms with Crippen LogP contribution in [0.5, 0.6) is 0 Å². The van der Waals surface area contributed by atoms with Gasteiger partial charge in [0.25, 0.3) is 5.91 Å². The third kappa shape index (κ3) is 8.51. The summed E-state index contributed by atoms with van der Waals surface area (Å²) in [6.07, 6.45) is -0.849. The zero-order valence-electron chi connectivity index (χ0n) is 18.0. The number of benzene rings is 1. The smallest absolute Gasteiger partial charge is 0.405 e. The lowest BCUT2D eigenvalue weighted by molar-refractivity contribution is -0.209. The Hall–Kier alpha value is -2.61. The van der Waals surface area contributed by atoms with Crippen LogP contribution in [-0.2, 0) is 25.7 Å². The van der Waals surface area contributed by atoms with Crippen molar-refractivity contribution in [1.82, 2.24) is 10.4 Å². The standard InChI is InChI=1S/C21H32N2O6/c1-7-21(5,6)18(25)23(13-15-11-9-8-10-12-15)29-17(24)16(22-19(26)27)14-28-20(2,3)4/h8-12,16,22H,7,13-14H2,1-6H3,(H,26,27)/t16-/m0/s1. The highest BCUT2D eigenvalue weighted by Crippen LogP contribution is 2.24. The fourth-order valence-electron chi connectivity index (χ4n) is 2.21. The fraction of sp³-hybridized carbons (Fsp3) is 0.571. The molecule has 1 aromatic carbocycles. The van der Waals surface area contributed by atoms with E-state index in [1.807, 2.05) is 37.3 Å². The number of ether oxygens (including phenoxy) is 1. The summed E-state index contributed by atoms with van der Waals surface area (Å²) in [5.74, 6) is -1.28.